The van der Waals surface area contributed by atoms with Gasteiger partial charge in [-0.3, -0.25) is 0 Å². The summed E-state index contributed by atoms with van der Waals surface area (Å²) in [7, 11) is 0. The molecule has 0 saturated carbocycles. The Morgan fingerprint density at radius 1 is 1.15 bits per heavy atom. The van der Waals surface area contributed by atoms with E-state index in [1.165, 1.54) is 4.70 Å². The minimum Gasteiger partial charge on any atom is -0.378 e. The maximum Gasteiger partial charge on any atom is 0.113 e. The third-order valence-corrected chi connectivity index (χ3v) is 4.43. The molecule has 1 atom stereocenters. The number of para-hydroxylation sites is 2. The van der Waals surface area contributed by atoms with Crippen LogP contribution in [-0.2, 0) is 6.54 Å². The number of fused-ring (bicyclic) bond motifs is 1. The molecule has 4 heteroatoms. The van der Waals surface area contributed by atoms with Gasteiger partial charge in [0.15, 0.2) is 0 Å². The highest BCUT2D eigenvalue weighted by Crippen LogP contribution is 2.28. The third kappa shape index (κ3) is 2.79. The van der Waals surface area contributed by atoms with E-state index in [-0.39, 0.29) is 5.38 Å². The largest absolute Gasteiger partial charge is 0.378 e. The van der Waals surface area contributed by atoms with Gasteiger partial charge in [-0.05, 0) is 30.7 Å². The number of nitrogens with one attached hydrogen (secondary N) is 1. The number of anilines is 1. The Morgan fingerprint density at radius 3 is 2.70 bits per heavy atom. The van der Waals surface area contributed by atoms with Gasteiger partial charge in [0, 0.05) is 5.69 Å². The normalized spacial score (nSPS) is 12.5. The van der Waals surface area contributed by atoms with E-state index in [1.54, 1.807) is 11.3 Å². The molecule has 20 heavy (non-hydrogen) atoms. The number of benzene rings is 2. The zero-order valence-electron chi connectivity index (χ0n) is 11.1. The average Bonchev–Trinajstić information content (AvgIpc) is 2.88. The first-order valence-corrected chi connectivity index (χ1v) is 7.80. The fourth-order valence-electron chi connectivity index (χ4n) is 2.17. The quantitative estimate of drug-likeness (QED) is 0.669. The van der Waals surface area contributed by atoms with E-state index in [0.717, 1.165) is 28.3 Å². The van der Waals surface area contributed by atoms with E-state index in [4.69, 9.17) is 11.6 Å². The number of thiazole rings is 1. The lowest BCUT2D eigenvalue weighted by Crippen LogP contribution is -2.02. The summed E-state index contributed by atoms with van der Waals surface area (Å²) < 4.78 is 1.23. The summed E-state index contributed by atoms with van der Waals surface area (Å²) in [6.07, 6.45) is 0. The summed E-state index contributed by atoms with van der Waals surface area (Å²) in [5.41, 5.74) is 3.26. The molecule has 3 rings (SSSR count). The van der Waals surface area contributed by atoms with E-state index in [1.807, 2.05) is 37.3 Å². The minimum atomic E-state index is -0.00549. The molecule has 0 aliphatic heterocycles. The fraction of sp³-hybridized carbons (Fsp3) is 0.188. The lowest BCUT2D eigenvalue weighted by atomic mass is 10.1. The topological polar surface area (TPSA) is 24.9 Å². The first-order chi connectivity index (χ1) is 9.74. The van der Waals surface area contributed by atoms with Gasteiger partial charge >= 0.3 is 0 Å². The first kappa shape index (κ1) is 13.4. The van der Waals surface area contributed by atoms with E-state index >= 15 is 0 Å². The number of rotatable bonds is 4. The molecule has 1 unspecified atom stereocenters. The smallest absolute Gasteiger partial charge is 0.113 e. The number of alkyl halides is 1. The standard InChI is InChI=1S/C16H15ClN2S/c1-11(17)12-6-2-3-7-13(12)18-10-16-19-14-8-4-5-9-15(14)20-16/h2-9,11,18H,10H2,1H3. The second kappa shape index (κ2) is 5.81. The molecule has 0 fully saturated rings. The molecule has 1 N–H and O–H groups in total. The monoisotopic (exact) mass is 302 g/mol. The maximum absolute atomic E-state index is 6.20. The highest BCUT2D eigenvalue weighted by molar-refractivity contribution is 7.18. The highest BCUT2D eigenvalue weighted by atomic mass is 35.5. The van der Waals surface area contributed by atoms with E-state index in [0.29, 0.717) is 0 Å². The van der Waals surface area contributed by atoms with Crippen molar-refractivity contribution in [3.05, 3.63) is 59.1 Å². The van der Waals surface area contributed by atoms with Crippen LogP contribution in [0, 0.1) is 0 Å². The first-order valence-electron chi connectivity index (χ1n) is 6.55. The van der Waals surface area contributed by atoms with Crippen LogP contribution in [0.25, 0.3) is 10.2 Å². The Bertz CT molecular complexity index is 688. The van der Waals surface area contributed by atoms with Crippen LogP contribution >= 0.6 is 22.9 Å². The Morgan fingerprint density at radius 2 is 1.90 bits per heavy atom. The molecule has 2 aromatic carbocycles. The van der Waals surface area contributed by atoms with Crippen molar-refractivity contribution in [3.8, 4) is 0 Å². The molecule has 102 valence electrons. The van der Waals surface area contributed by atoms with Crippen molar-refractivity contribution in [1.29, 1.82) is 0 Å². The molecule has 1 heterocycles. The number of halogens is 1. The van der Waals surface area contributed by atoms with Crippen molar-refractivity contribution in [2.24, 2.45) is 0 Å². The molecular weight excluding hydrogens is 288 g/mol. The molecule has 0 saturated heterocycles. The van der Waals surface area contributed by atoms with E-state index in [2.05, 4.69) is 28.5 Å². The van der Waals surface area contributed by atoms with Gasteiger partial charge in [0.05, 0.1) is 22.1 Å². The van der Waals surface area contributed by atoms with Crippen molar-refractivity contribution >= 4 is 38.8 Å². The van der Waals surface area contributed by atoms with Crippen LogP contribution in [0.5, 0.6) is 0 Å². The van der Waals surface area contributed by atoms with Gasteiger partial charge in [-0.2, -0.15) is 0 Å². The second-order valence-electron chi connectivity index (χ2n) is 4.63. The lowest BCUT2D eigenvalue weighted by Gasteiger charge is -2.12. The molecule has 2 nitrogen and oxygen atoms in total. The fourth-order valence-corrected chi connectivity index (χ4v) is 3.27. The van der Waals surface area contributed by atoms with Gasteiger partial charge in [-0.1, -0.05) is 30.3 Å². The zero-order chi connectivity index (χ0) is 13.9. The van der Waals surface area contributed by atoms with Crippen LogP contribution in [-0.4, -0.2) is 4.98 Å². The summed E-state index contributed by atoms with van der Waals surface area (Å²) in [5.74, 6) is 0. The molecule has 0 radical (unpaired) electrons. The van der Waals surface area contributed by atoms with E-state index in [9.17, 15) is 0 Å². The Labute approximate surface area is 127 Å². The van der Waals surface area contributed by atoms with Gasteiger partial charge < -0.3 is 5.32 Å². The zero-order valence-corrected chi connectivity index (χ0v) is 12.7. The van der Waals surface area contributed by atoms with Gasteiger partial charge in [0.1, 0.15) is 5.01 Å². The molecule has 0 aliphatic rings. The van der Waals surface area contributed by atoms with E-state index < -0.39 is 0 Å². The van der Waals surface area contributed by atoms with Crippen molar-refractivity contribution < 1.29 is 0 Å². The molecule has 0 bridgehead atoms. The van der Waals surface area contributed by atoms with Crippen LogP contribution in [0.4, 0.5) is 5.69 Å². The number of aromatic nitrogens is 1. The van der Waals surface area contributed by atoms with Crippen molar-refractivity contribution in [3.63, 3.8) is 0 Å². The number of hydrogen-bond donors (Lipinski definition) is 1. The molecule has 0 spiro atoms. The Hall–Kier alpha value is -1.58. The summed E-state index contributed by atoms with van der Waals surface area (Å²) in [6.45, 7) is 2.71. The molecule has 0 amide bonds. The Balaban J connectivity index is 1.79. The van der Waals surface area contributed by atoms with Gasteiger partial charge in [0.2, 0.25) is 0 Å². The lowest BCUT2D eigenvalue weighted by molar-refractivity contribution is 1.05. The molecule has 1 aromatic heterocycles. The number of nitrogens with zero attached hydrogens (tertiary/aromatic N) is 1. The summed E-state index contributed by atoms with van der Waals surface area (Å²) in [5, 5.41) is 4.52. The van der Waals surface area contributed by atoms with Gasteiger partial charge in [0.25, 0.3) is 0 Å². The molecule has 3 aromatic rings. The summed E-state index contributed by atoms with van der Waals surface area (Å²) in [4.78, 5) is 4.63. The third-order valence-electron chi connectivity index (χ3n) is 3.16. The van der Waals surface area contributed by atoms with Crippen LogP contribution in [0.3, 0.4) is 0 Å². The van der Waals surface area contributed by atoms with Crippen molar-refractivity contribution in [1.82, 2.24) is 4.98 Å². The van der Waals surface area contributed by atoms with Crippen LogP contribution in [0.1, 0.15) is 22.9 Å². The SMILES string of the molecule is CC(Cl)c1ccccc1NCc1nc2ccccc2s1. The predicted molar refractivity (Wildman–Crippen MR) is 87.7 cm³/mol. The van der Waals surface area contributed by atoms with Gasteiger partial charge in [-0.25, -0.2) is 4.98 Å². The van der Waals surface area contributed by atoms with Crippen LogP contribution in [0.15, 0.2) is 48.5 Å². The van der Waals surface area contributed by atoms with Crippen molar-refractivity contribution in [2.75, 3.05) is 5.32 Å². The predicted octanol–water partition coefficient (Wildman–Crippen LogP) is 5.21. The van der Waals surface area contributed by atoms with Crippen LogP contribution < -0.4 is 5.32 Å². The summed E-state index contributed by atoms with van der Waals surface area (Å²) in [6, 6.07) is 16.3. The highest BCUT2D eigenvalue weighted by Gasteiger charge is 2.08. The molecular formula is C16H15ClN2S. The number of hydrogen-bond acceptors (Lipinski definition) is 3. The molecule has 0 aliphatic carbocycles. The summed E-state index contributed by atoms with van der Waals surface area (Å²) >= 11 is 7.93. The maximum atomic E-state index is 6.20. The van der Waals surface area contributed by atoms with Crippen LogP contribution in [0.2, 0.25) is 0 Å². The second-order valence-corrected chi connectivity index (χ2v) is 6.40. The van der Waals surface area contributed by atoms with Crippen molar-refractivity contribution in [2.45, 2.75) is 18.8 Å². The average molecular weight is 303 g/mol. The van der Waals surface area contributed by atoms with Gasteiger partial charge in [-0.15, -0.1) is 22.9 Å². The minimum absolute atomic E-state index is 0.00549. The Kier molecular flexibility index (Phi) is 3.90.